The third-order valence-electron chi connectivity index (χ3n) is 3.08. The summed E-state index contributed by atoms with van der Waals surface area (Å²) in [4.78, 5) is 12.3. The highest BCUT2D eigenvalue weighted by molar-refractivity contribution is 14.1. The van der Waals surface area contributed by atoms with Crippen LogP contribution < -0.4 is 5.32 Å². The molecule has 0 heterocycles. The Morgan fingerprint density at radius 1 is 1.17 bits per heavy atom. The van der Waals surface area contributed by atoms with Gasteiger partial charge in [0.25, 0.3) is 0 Å². The molecule has 2 aromatic rings. The molecule has 5 nitrogen and oxygen atoms in total. The fraction of sp³-hybridized carbons (Fsp3) is 0.118. The predicted octanol–water partition coefficient (Wildman–Crippen LogP) is 2.55. The van der Waals surface area contributed by atoms with Gasteiger partial charge in [-0.05, 0) is 52.9 Å². The second kappa shape index (κ2) is 8.28. The van der Waals surface area contributed by atoms with Crippen molar-refractivity contribution in [1.29, 1.82) is 0 Å². The zero-order chi connectivity index (χ0) is 17.6. The third kappa shape index (κ3) is 4.80. The molecule has 0 atom stereocenters. The molecule has 0 radical (unpaired) electrons. The molecule has 0 aliphatic rings. The maximum Gasteiger partial charge on any atom is 0.244 e. The van der Waals surface area contributed by atoms with E-state index in [9.17, 15) is 13.2 Å². The van der Waals surface area contributed by atoms with Crippen molar-refractivity contribution in [3.05, 3.63) is 58.2 Å². The van der Waals surface area contributed by atoms with Crippen LogP contribution in [0, 0.1) is 15.9 Å². The van der Waals surface area contributed by atoms with Crippen LogP contribution in [0.25, 0.3) is 0 Å². The molecule has 0 aromatic heterocycles. The average Bonchev–Trinajstić information content (AvgIpc) is 2.55. The van der Waals surface area contributed by atoms with Crippen molar-refractivity contribution in [2.75, 3.05) is 18.4 Å². The van der Waals surface area contributed by atoms with Crippen molar-refractivity contribution in [3.8, 4) is 12.3 Å². The molecular formula is C17H15IN2O3S. The maximum absolute atomic E-state index is 12.6. The number of rotatable bonds is 6. The number of sulfonamides is 1. The molecule has 2 aromatic carbocycles. The van der Waals surface area contributed by atoms with Gasteiger partial charge in [0.15, 0.2) is 0 Å². The molecule has 0 bridgehead atoms. The quantitative estimate of drug-likeness (QED) is 0.539. The Labute approximate surface area is 155 Å². The summed E-state index contributed by atoms with van der Waals surface area (Å²) in [7, 11) is -3.83. The van der Waals surface area contributed by atoms with Crippen LogP contribution in [0.15, 0.2) is 59.5 Å². The molecule has 2 rings (SSSR count). The van der Waals surface area contributed by atoms with Crippen molar-refractivity contribution in [2.24, 2.45) is 0 Å². The minimum atomic E-state index is -3.83. The molecule has 7 heteroatoms. The van der Waals surface area contributed by atoms with Crippen molar-refractivity contribution >= 4 is 44.2 Å². The van der Waals surface area contributed by atoms with Crippen molar-refractivity contribution < 1.29 is 13.2 Å². The number of nitrogens with zero attached hydrogens (tertiary/aromatic N) is 1. The van der Waals surface area contributed by atoms with E-state index in [1.807, 2.05) is 6.07 Å². The second-order valence-electron chi connectivity index (χ2n) is 4.85. The Balaban J connectivity index is 2.16. The van der Waals surface area contributed by atoms with Gasteiger partial charge in [-0.2, -0.15) is 4.31 Å². The summed E-state index contributed by atoms with van der Waals surface area (Å²) in [5, 5.41) is 2.68. The normalized spacial score (nSPS) is 11.0. The Bertz CT molecular complexity index is 861. The number of carbonyl (C=O) groups is 1. The molecular weight excluding hydrogens is 439 g/mol. The number of anilines is 1. The van der Waals surface area contributed by atoms with E-state index in [1.165, 1.54) is 12.1 Å². The van der Waals surface area contributed by atoms with E-state index in [4.69, 9.17) is 6.42 Å². The molecule has 0 unspecified atom stereocenters. The number of halogens is 1. The van der Waals surface area contributed by atoms with Crippen LogP contribution in [0.5, 0.6) is 0 Å². The van der Waals surface area contributed by atoms with Gasteiger partial charge in [-0.1, -0.05) is 30.2 Å². The minimum absolute atomic E-state index is 0.0994. The summed E-state index contributed by atoms with van der Waals surface area (Å²) < 4.78 is 27.2. The van der Waals surface area contributed by atoms with E-state index >= 15 is 0 Å². The number of hydrogen-bond donors (Lipinski definition) is 1. The van der Waals surface area contributed by atoms with Gasteiger partial charge in [-0.15, -0.1) is 6.42 Å². The summed E-state index contributed by atoms with van der Waals surface area (Å²) in [5.41, 5.74) is 0.602. The molecule has 0 aliphatic carbocycles. The Kier molecular flexibility index (Phi) is 6.36. The van der Waals surface area contributed by atoms with Crippen LogP contribution in [0.2, 0.25) is 0 Å². The number of carbonyl (C=O) groups excluding carboxylic acids is 1. The zero-order valence-electron chi connectivity index (χ0n) is 12.6. The highest BCUT2D eigenvalue weighted by atomic mass is 127. The summed E-state index contributed by atoms with van der Waals surface area (Å²) in [6.07, 6.45) is 5.26. The molecule has 1 N–H and O–H groups in total. The monoisotopic (exact) mass is 454 g/mol. The van der Waals surface area contributed by atoms with E-state index in [-0.39, 0.29) is 18.0 Å². The van der Waals surface area contributed by atoms with Crippen LogP contribution in [0.1, 0.15) is 0 Å². The third-order valence-corrected chi connectivity index (χ3v) is 5.55. The Morgan fingerprint density at radius 3 is 2.50 bits per heavy atom. The van der Waals surface area contributed by atoms with Crippen LogP contribution in [0.3, 0.4) is 0 Å². The maximum atomic E-state index is 12.6. The van der Waals surface area contributed by atoms with Gasteiger partial charge in [-0.25, -0.2) is 8.42 Å². The van der Waals surface area contributed by atoms with Crippen molar-refractivity contribution in [1.82, 2.24) is 4.31 Å². The van der Waals surface area contributed by atoms with Gasteiger partial charge in [0.05, 0.1) is 18.0 Å². The van der Waals surface area contributed by atoms with Crippen molar-refractivity contribution in [3.63, 3.8) is 0 Å². The fourth-order valence-corrected chi connectivity index (χ4v) is 3.87. The molecule has 0 aliphatic heterocycles. The molecule has 0 fully saturated rings. The lowest BCUT2D eigenvalue weighted by Crippen LogP contribution is -2.38. The summed E-state index contributed by atoms with van der Waals surface area (Å²) in [6.45, 7) is -0.538. The number of hydrogen-bond acceptors (Lipinski definition) is 3. The van der Waals surface area contributed by atoms with Crippen molar-refractivity contribution in [2.45, 2.75) is 4.90 Å². The molecule has 1 amide bonds. The van der Waals surface area contributed by atoms with Crippen LogP contribution in [-0.4, -0.2) is 31.7 Å². The highest BCUT2D eigenvalue weighted by Gasteiger charge is 2.25. The van der Waals surface area contributed by atoms with Gasteiger partial charge in [0.2, 0.25) is 15.9 Å². The summed E-state index contributed by atoms with van der Waals surface area (Å²) >= 11 is 2.13. The lowest BCUT2D eigenvalue weighted by molar-refractivity contribution is -0.116. The first-order valence-electron chi connectivity index (χ1n) is 6.97. The van der Waals surface area contributed by atoms with E-state index in [2.05, 4.69) is 33.8 Å². The SMILES string of the molecule is C#CCN(CC(=O)Nc1cccc(I)c1)S(=O)(=O)c1ccccc1. The Morgan fingerprint density at radius 2 is 1.88 bits per heavy atom. The van der Waals surface area contributed by atoms with Crippen LogP contribution >= 0.6 is 22.6 Å². The first kappa shape index (κ1) is 18.4. The minimum Gasteiger partial charge on any atom is -0.325 e. The van der Waals surface area contributed by atoms with E-state index in [0.29, 0.717) is 5.69 Å². The molecule has 124 valence electrons. The highest BCUT2D eigenvalue weighted by Crippen LogP contribution is 2.16. The summed E-state index contributed by atoms with van der Waals surface area (Å²) in [6, 6.07) is 15.1. The van der Waals surface area contributed by atoms with Gasteiger partial charge >= 0.3 is 0 Å². The average molecular weight is 454 g/mol. The van der Waals surface area contributed by atoms with E-state index in [0.717, 1.165) is 7.88 Å². The largest absolute Gasteiger partial charge is 0.325 e. The van der Waals surface area contributed by atoms with Gasteiger partial charge < -0.3 is 5.32 Å². The lowest BCUT2D eigenvalue weighted by Gasteiger charge is -2.19. The standard InChI is InChI=1S/C17H15IN2O3S/c1-2-11-20(24(22,23)16-9-4-3-5-10-16)13-17(21)19-15-8-6-7-14(18)12-15/h1,3-10,12H,11,13H2,(H,19,21). The predicted molar refractivity (Wildman–Crippen MR) is 102 cm³/mol. The van der Waals surface area contributed by atoms with Gasteiger partial charge in [0.1, 0.15) is 0 Å². The number of amides is 1. The molecule has 0 saturated carbocycles. The van der Waals surface area contributed by atoms with Crippen LogP contribution in [-0.2, 0) is 14.8 Å². The number of nitrogens with one attached hydrogen (secondary N) is 1. The molecule has 24 heavy (non-hydrogen) atoms. The molecule has 0 spiro atoms. The zero-order valence-corrected chi connectivity index (χ0v) is 15.6. The number of benzene rings is 2. The smallest absolute Gasteiger partial charge is 0.244 e. The van der Waals surface area contributed by atoms with Crippen LogP contribution in [0.4, 0.5) is 5.69 Å². The Hall–Kier alpha value is -1.89. The lowest BCUT2D eigenvalue weighted by atomic mass is 10.3. The number of terminal acetylenes is 1. The van der Waals surface area contributed by atoms with Gasteiger partial charge in [-0.3, -0.25) is 4.79 Å². The van der Waals surface area contributed by atoms with Gasteiger partial charge in [0, 0.05) is 9.26 Å². The topological polar surface area (TPSA) is 66.5 Å². The molecule has 0 saturated heterocycles. The first-order chi connectivity index (χ1) is 11.4. The van der Waals surface area contributed by atoms with E-state index in [1.54, 1.807) is 36.4 Å². The second-order valence-corrected chi connectivity index (χ2v) is 8.03. The van der Waals surface area contributed by atoms with E-state index < -0.39 is 15.9 Å². The fourth-order valence-electron chi connectivity index (χ4n) is 2.00. The summed E-state index contributed by atoms with van der Waals surface area (Å²) in [5.74, 6) is 1.84. The first-order valence-corrected chi connectivity index (χ1v) is 9.49.